The highest BCUT2D eigenvalue weighted by Gasteiger charge is 2.15. The van der Waals surface area contributed by atoms with E-state index >= 15 is 0 Å². The zero-order valence-electron chi connectivity index (χ0n) is 20.7. The third-order valence-electron chi connectivity index (χ3n) is 5.94. The lowest BCUT2D eigenvalue weighted by molar-refractivity contribution is -0.119. The molecule has 0 radical (unpaired) electrons. The molecule has 3 N–H and O–H groups in total. The van der Waals surface area contributed by atoms with Gasteiger partial charge in [0.15, 0.2) is 17.3 Å². The Labute approximate surface area is 214 Å². The van der Waals surface area contributed by atoms with Crippen LogP contribution < -0.4 is 16.0 Å². The molecule has 1 saturated carbocycles. The number of hydrogen-bond donors (Lipinski definition) is 3. The van der Waals surface area contributed by atoms with Crippen LogP contribution in [0.5, 0.6) is 0 Å². The van der Waals surface area contributed by atoms with E-state index in [0.29, 0.717) is 22.7 Å². The monoisotopic (exact) mass is 502 g/mol. The van der Waals surface area contributed by atoms with Crippen molar-refractivity contribution in [2.75, 3.05) is 18.9 Å². The number of carbonyl (C=O) groups is 3. The Balaban J connectivity index is 0.000000469. The smallest absolute Gasteiger partial charge is 0.291 e. The third kappa shape index (κ3) is 7.07. The van der Waals surface area contributed by atoms with Crippen LogP contribution in [0, 0.1) is 0 Å². The first-order valence-corrected chi connectivity index (χ1v) is 12.4. The molecule has 0 atom stereocenters. The molecule has 1 fully saturated rings. The highest BCUT2D eigenvalue weighted by molar-refractivity contribution is 6.04. The van der Waals surface area contributed by atoms with Gasteiger partial charge in [-0.1, -0.05) is 56.7 Å². The van der Waals surface area contributed by atoms with Crippen LogP contribution in [0.4, 0.5) is 5.69 Å². The topological polar surface area (TPSA) is 126 Å². The number of hydrogen-bond acceptors (Lipinski definition) is 6. The number of benzene rings is 1. The Hall–Kier alpha value is -4.40. The number of amides is 3. The first-order chi connectivity index (χ1) is 18.0. The van der Waals surface area contributed by atoms with Gasteiger partial charge in [0.2, 0.25) is 5.91 Å². The van der Waals surface area contributed by atoms with Crippen molar-refractivity contribution in [2.45, 2.75) is 38.5 Å². The van der Waals surface area contributed by atoms with Gasteiger partial charge in [0.1, 0.15) is 11.3 Å². The summed E-state index contributed by atoms with van der Waals surface area (Å²) >= 11 is 0. The number of furan rings is 2. The lowest BCUT2D eigenvalue weighted by Gasteiger charge is -2.05. The van der Waals surface area contributed by atoms with E-state index in [1.165, 1.54) is 57.8 Å². The molecule has 4 aromatic rings. The molecule has 5 rings (SSSR count). The van der Waals surface area contributed by atoms with Gasteiger partial charge in [-0.05, 0) is 36.4 Å². The van der Waals surface area contributed by atoms with Crippen LogP contribution in [-0.2, 0) is 4.79 Å². The molecule has 9 nitrogen and oxygen atoms in total. The zero-order valence-corrected chi connectivity index (χ0v) is 20.7. The predicted octanol–water partition coefficient (Wildman–Crippen LogP) is 5.16. The molecule has 37 heavy (non-hydrogen) atoms. The molecule has 3 aromatic heterocycles. The molecule has 0 saturated heterocycles. The largest absolute Gasteiger partial charge is 0.451 e. The van der Waals surface area contributed by atoms with Gasteiger partial charge >= 0.3 is 0 Å². The number of nitrogens with zero attached hydrogens (tertiary/aromatic N) is 1. The molecule has 9 heteroatoms. The number of pyridine rings is 1. The third-order valence-corrected chi connectivity index (χ3v) is 5.94. The van der Waals surface area contributed by atoms with E-state index in [-0.39, 0.29) is 29.9 Å². The van der Waals surface area contributed by atoms with Crippen LogP contribution >= 0.6 is 0 Å². The Morgan fingerprint density at radius 3 is 2.22 bits per heavy atom. The number of carbonyl (C=O) groups excluding carboxylic acids is 3. The summed E-state index contributed by atoms with van der Waals surface area (Å²) < 4.78 is 11.1. The van der Waals surface area contributed by atoms with Gasteiger partial charge in [-0.25, -0.2) is 0 Å². The summed E-state index contributed by atoms with van der Waals surface area (Å²) in [6.07, 6.45) is 10.5. The minimum absolute atomic E-state index is 0.0583. The van der Waals surface area contributed by atoms with Crippen LogP contribution in [0.25, 0.3) is 22.4 Å². The molecule has 3 heterocycles. The fourth-order valence-corrected chi connectivity index (χ4v) is 3.89. The maximum Gasteiger partial charge on any atom is 0.291 e. The minimum Gasteiger partial charge on any atom is -0.451 e. The Bertz CT molecular complexity index is 1310. The standard InChI is InChI=1S/C22H18N4O5.C6H12/c1-23-20(27)12-25-21(28)18-9-8-17(31-18)15-7-6-14(11-24-15)26-22(29)19-10-13-4-2-3-5-16(13)30-19;1-2-4-6-5-3-1/h2-11H,12H2,1H3,(H,23,27)(H,25,28)(H,26,29);1-6H2. The Morgan fingerprint density at radius 1 is 0.838 bits per heavy atom. The van der Waals surface area contributed by atoms with Crippen molar-refractivity contribution in [3.63, 3.8) is 0 Å². The van der Waals surface area contributed by atoms with Crippen LogP contribution in [0.1, 0.15) is 59.6 Å². The van der Waals surface area contributed by atoms with E-state index in [2.05, 4.69) is 20.9 Å². The highest BCUT2D eigenvalue weighted by Crippen LogP contribution is 2.23. The van der Waals surface area contributed by atoms with Crippen LogP contribution in [0.15, 0.2) is 69.6 Å². The van der Waals surface area contributed by atoms with Crippen molar-refractivity contribution in [1.29, 1.82) is 0 Å². The second-order valence-electron chi connectivity index (χ2n) is 8.68. The maximum atomic E-state index is 12.4. The lowest BCUT2D eigenvalue weighted by atomic mass is 10.0. The van der Waals surface area contributed by atoms with E-state index in [4.69, 9.17) is 8.83 Å². The van der Waals surface area contributed by atoms with Gasteiger partial charge in [-0.3, -0.25) is 19.4 Å². The Morgan fingerprint density at radius 2 is 1.57 bits per heavy atom. The van der Waals surface area contributed by atoms with Crippen LogP contribution in [-0.4, -0.2) is 36.3 Å². The summed E-state index contributed by atoms with van der Waals surface area (Å²) in [5.41, 5.74) is 1.59. The van der Waals surface area contributed by atoms with E-state index in [9.17, 15) is 14.4 Å². The van der Waals surface area contributed by atoms with Gasteiger partial charge in [0, 0.05) is 12.4 Å². The SMILES string of the molecule is C1CCCCC1.CNC(=O)CNC(=O)c1ccc(-c2ccc(NC(=O)c3cc4ccccc4o3)cn2)o1. The van der Waals surface area contributed by atoms with E-state index in [0.717, 1.165) is 5.39 Å². The number of fused-ring (bicyclic) bond motifs is 1. The summed E-state index contributed by atoms with van der Waals surface area (Å²) in [4.78, 5) is 39.9. The lowest BCUT2D eigenvalue weighted by Crippen LogP contribution is -2.34. The molecule has 1 aromatic carbocycles. The number of para-hydroxylation sites is 1. The van der Waals surface area contributed by atoms with Crippen molar-refractivity contribution in [3.05, 3.63) is 72.3 Å². The van der Waals surface area contributed by atoms with Crippen molar-refractivity contribution in [3.8, 4) is 11.5 Å². The van der Waals surface area contributed by atoms with E-state index in [1.54, 1.807) is 30.3 Å². The number of likely N-dealkylation sites (N-methyl/N-ethyl adjacent to an activating group) is 1. The number of anilines is 1. The van der Waals surface area contributed by atoms with Crippen molar-refractivity contribution in [1.82, 2.24) is 15.6 Å². The summed E-state index contributed by atoms with van der Waals surface area (Å²) in [7, 11) is 1.48. The van der Waals surface area contributed by atoms with Crippen molar-refractivity contribution < 1.29 is 23.2 Å². The Kier molecular flexibility index (Phi) is 8.70. The summed E-state index contributed by atoms with van der Waals surface area (Å²) in [6.45, 7) is -0.150. The van der Waals surface area contributed by atoms with Gasteiger partial charge in [0.25, 0.3) is 11.8 Å². The first-order valence-electron chi connectivity index (χ1n) is 12.4. The quantitative estimate of drug-likeness (QED) is 0.334. The number of nitrogens with one attached hydrogen (secondary N) is 3. The first kappa shape index (κ1) is 25.7. The minimum atomic E-state index is -0.510. The summed E-state index contributed by atoms with van der Waals surface area (Å²) in [6, 6.07) is 15.4. The number of aromatic nitrogens is 1. The zero-order chi connectivity index (χ0) is 26.0. The summed E-state index contributed by atoms with van der Waals surface area (Å²) in [5.74, 6) is -0.586. The fourth-order valence-electron chi connectivity index (χ4n) is 3.89. The molecule has 3 amide bonds. The van der Waals surface area contributed by atoms with E-state index < -0.39 is 5.91 Å². The van der Waals surface area contributed by atoms with Gasteiger partial charge in [0.05, 0.1) is 18.4 Å². The average molecular weight is 503 g/mol. The highest BCUT2D eigenvalue weighted by atomic mass is 16.4. The van der Waals surface area contributed by atoms with Crippen molar-refractivity contribution >= 4 is 34.4 Å². The average Bonchev–Trinajstić information content (AvgIpc) is 3.61. The van der Waals surface area contributed by atoms with Gasteiger partial charge < -0.3 is 24.8 Å². The predicted molar refractivity (Wildman–Crippen MR) is 140 cm³/mol. The fraction of sp³-hybridized carbons (Fsp3) is 0.286. The second kappa shape index (κ2) is 12.5. The van der Waals surface area contributed by atoms with Crippen LogP contribution in [0.2, 0.25) is 0 Å². The maximum absolute atomic E-state index is 12.4. The second-order valence-corrected chi connectivity index (χ2v) is 8.68. The molecule has 0 bridgehead atoms. The molecule has 1 aliphatic carbocycles. The van der Waals surface area contributed by atoms with Gasteiger partial charge in [-0.15, -0.1) is 0 Å². The normalized spacial score (nSPS) is 12.8. The van der Waals surface area contributed by atoms with Crippen molar-refractivity contribution in [2.24, 2.45) is 0 Å². The molecular formula is C28H30N4O5. The van der Waals surface area contributed by atoms with Gasteiger partial charge in [-0.2, -0.15) is 0 Å². The molecule has 0 aliphatic heterocycles. The molecule has 192 valence electrons. The van der Waals surface area contributed by atoms with E-state index in [1.807, 2.05) is 18.2 Å². The molecule has 0 spiro atoms. The van der Waals surface area contributed by atoms with Crippen LogP contribution in [0.3, 0.4) is 0 Å². The molecular weight excluding hydrogens is 472 g/mol. The number of rotatable bonds is 6. The molecule has 1 aliphatic rings. The molecule has 0 unspecified atom stereocenters. The summed E-state index contributed by atoms with van der Waals surface area (Å²) in [5, 5.41) is 8.43.